The fourth-order valence-electron chi connectivity index (χ4n) is 0.875. The first kappa shape index (κ1) is 17.5. The minimum Gasteiger partial charge on any atom is -0.330 e. The van der Waals surface area contributed by atoms with Gasteiger partial charge in [0.15, 0.2) is 0 Å². The molecule has 0 amide bonds. The Morgan fingerprint density at radius 2 is 1.91 bits per heavy atom. The lowest BCUT2D eigenvalue weighted by Crippen LogP contribution is -2.25. The molecule has 1 atom stereocenters. The van der Waals surface area contributed by atoms with Crippen molar-refractivity contribution in [3.05, 3.63) is 0 Å². The van der Waals surface area contributed by atoms with Gasteiger partial charge in [0.2, 0.25) is 0 Å². The molecule has 0 bridgehead atoms. The topological polar surface area (TPSA) is 38.0 Å². The largest absolute Gasteiger partial charge is 0.330 e. The van der Waals surface area contributed by atoms with Crippen molar-refractivity contribution >= 4 is 24.8 Å². The molecular weight excluding hydrogens is 183 g/mol. The van der Waals surface area contributed by atoms with Crippen molar-refractivity contribution in [2.45, 2.75) is 32.7 Å². The molecule has 0 rings (SSSR count). The van der Waals surface area contributed by atoms with Crippen molar-refractivity contribution in [3.8, 4) is 0 Å². The number of halogens is 2. The van der Waals surface area contributed by atoms with Crippen LogP contribution in [-0.2, 0) is 0 Å². The molecule has 0 saturated heterocycles. The molecule has 0 aliphatic carbocycles. The first-order valence-electron chi connectivity index (χ1n) is 3.74. The van der Waals surface area contributed by atoms with E-state index < -0.39 is 0 Å². The highest BCUT2D eigenvalue weighted by atomic mass is 35.5. The van der Waals surface area contributed by atoms with E-state index in [-0.39, 0.29) is 24.8 Å². The summed E-state index contributed by atoms with van der Waals surface area (Å²) in [5.41, 5.74) is 5.35. The van der Waals surface area contributed by atoms with Crippen molar-refractivity contribution in [1.82, 2.24) is 5.32 Å². The third-order valence-corrected chi connectivity index (χ3v) is 1.39. The molecule has 0 heterocycles. The molecule has 72 valence electrons. The zero-order valence-electron chi connectivity index (χ0n) is 7.30. The van der Waals surface area contributed by atoms with E-state index in [2.05, 4.69) is 19.2 Å². The number of nitrogens with one attached hydrogen (secondary N) is 1. The smallest absolute Gasteiger partial charge is 0.00390 e. The number of hydrogen-bond donors (Lipinski definition) is 2. The van der Waals surface area contributed by atoms with Gasteiger partial charge in [-0.25, -0.2) is 0 Å². The van der Waals surface area contributed by atoms with Gasteiger partial charge in [-0.3, -0.25) is 0 Å². The molecule has 0 fully saturated rings. The van der Waals surface area contributed by atoms with Gasteiger partial charge < -0.3 is 11.1 Å². The molecule has 4 heteroatoms. The van der Waals surface area contributed by atoms with Crippen molar-refractivity contribution in [3.63, 3.8) is 0 Å². The van der Waals surface area contributed by atoms with E-state index in [1.807, 2.05) is 0 Å². The lowest BCUT2D eigenvalue weighted by atomic mass is 10.2. The van der Waals surface area contributed by atoms with Crippen LogP contribution in [0.25, 0.3) is 0 Å². The quantitative estimate of drug-likeness (QED) is 0.711. The summed E-state index contributed by atoms with van der Waals surface area (Å²) in [4.78, 5) is 0. The second kappa shape index (κ2) is 13.1. The molecule has 0 aliphatic heterocycles. The summed E-state index contributed by atoms with van der Waals surface area (Å²) in [7, 11) is 0. The van der Waals surface area contributed by atoms with E-state index >= 15 is 0 Å². The van der Waals surface area contributed by atoms with Crippen LogP contribution in [0.5, 0.6) is 0 Å². The van der Waals surface area contributed by atoms with Gasteiger partial charge in [0.25, 0.3) is 0 Å². The summed E-state index contributed by atoms with van der Waals surface area (Å²) in [5, 5.41) is 3.32. The van der Waals surface area contributed by atoms with Gasteiger partial charge in [0.05, 0.1) is 0 Å². The first-order chi connectivity index (χ1) is 4.31. The summed E-state index contributed by atoms with van der Waals surface area (Å²) in [5.74, 6) is 0. The van der Waals surface area contributed by atoms with E-state index in [1.165, 1.54) is 6.42 Å². The molecule has 11 heavy (non-hydrogen) atoms. The van der Waals surface area contributed by atoms with Gasteiger partial charge in [-0.1, -0.05) is 6.92 Å². The second-order valence-electron chi connectivity index (χ2n) is 2.39. The molecule has 1 unspecified atom stereocenters. The Bertz CT molecular complexity index is 62.4. The number of nitrogens with two attached hydrogens (primary N) is 1. The first-order valence-corrected chi connectivity index (χ1v) is 3.74. The van der Waals surface area contributed by atoms with Gasteiger partial charge in [-0.2, -0.15) is 0 Å². The highest BCUT2D eigenvalue weighted by molar-refractivity contribution is 5.85. The van der Waals surface area contributed by atoms with Crippen LogP contribution in [0.2, 0.25) is 0 Å². The molecule has 0 aromatic rings. The molecule has 0 saturated carbocycles. The standard InChI is InChI=1S/C7H18N2.2ClH/c1-3-9-7(2)5-4-6-8;;/h7,9H,3-6,8H2,1-2H3;2*1H. The third-order valence-electron chi connectivity index (χ3n) is 1.39. The minimum atomic E-state index is 0. The molecule has 0 aromatic carbocycles. The SMILES string of the molecule is CCNC(C)CCCN.Cl.Cl. The summed E-state index contributed by atoms with van der Waals surface area (Å²) >= 11 is 0. The Hall–Kier alpha value is 0.500. The van der Waals surface area contributed by atoms with E-state index in [0.29, 0.717) is 6.04 Å². The number of rotatable bonds is 5. The normalized spacial score (nSPS) is 11.2. The maximum absolute atomic E-state index is 5.35. The van der Waals surface area contributed by atoms with Gasteiger partial charge in [0.1, 0.15) is 0 Å². The van der Waals surface area contributed by atoms with Crippen molar-refractivity contribution in [2.75, 3.05) is 13.1 Å². The Kier molecular flexibility index (Phi) is 20.9. The third kappa shape index (κ3) is 13.5. The van der Waals surface area contributed by atoms with Crippen LogP contribution < -0.4 is 11.1 Å². The molecule has 2 nitrogen and oxygen atoms in total. The molecule has 0 aliphatic rings. The van der Waals surface area contributed by atoms with Gasteiger partial charge in [-0.15, -0.1) is 24.8 Å². The average molecular weight is 203 g/mol. The van der Waals surface area contributed by atoms with E-state index in [9.17, 15) is 0 Å². The highest BCUT2D eigenvalue weighted by Gasteiger charge is 1.95. The molecule has 3 N–H and O–H groups in total. The van der Waals surface area contributed by atoms with Gasteiger partial charge >= 0.3 is 0 Å². The maximum atomic E-state index is 5.35. The Labute approximate surface area is 82.1 Å². The van der Waals surface area contributed by atoms with Crippen molar-refractivity contribution in [1.29, 1.82) is 0 Å². The van der Waals surface area contributed by atoms with Crippen LogP contribution in [0.4, 0.5) is 0 Å². The van der Waals surface area contributed by atoms with Crippen LogP contribution in [-0.4, -0.2) is 19.1 Å². The van der Waals surface area contributed by atoms with Crippen molar-refractivity contribution < 1.29 is 0 Å². The van der Waals surface area contributed by atoms with Crippen LogP contribution >= 0.6 is 24.8 Å². The summed E-state index contributed by atoms with van der Waals surface area (Å²) in [6.07, 6.45) is 2.33. The van der Waals surface area contributed by atoms with E-state index in [0.717, 1.165) is 19.5 Å². The van der Waals surface area contributed by atoms with Crippen LogP contribution in [0.1, 0.15) is 26.7 Å². The second-order valence-corrected chi connectivity index (χ2v) is 2.39. The zero-order valence-corrected chi connectivity index (χ0v) is 8.93. The summed E-state index contributed by atoms with van der Waals surface area (Å²) < 4.78 is 0. The lowest BCUT2D eigenvalue weighted by molar-refractivity contribution is 0.516. The van der Waals surface area contributed by atoms with Gasteiger partial charge in [0, 0.05) is 6.04 Å². The summed E-state index contributed by atoms with van der Waals surface area (Å²) in [6.45, 7) is 6.19. The highest BCUT2D eigenvalue weighted by Crippen LogP contribution is 1.92. The van der Waals surface area contributed by atoms with Crippen LogP contribution in [0.15, 0.2) is 0 Å². The Balaban J connectivity index is -0.000000320. The fraction of sp³-hybridized carbons (Fsp3) is 1.00. The molecule has 0 radical (unpaired) electrons. The van der Waals surface area contributed by atoms with Crippen molar-refractivity contribution in [2.24, 2.45) is 5.73 Å². The molecule has 0 spiro atoms. The predicted molar refractivity (Wildman–Crippen MR) is 55.9 cm³/mol. The average Bonchev–Trinajstić information content (AvgIpc) is 1.85. The Morgan fingerprint density at radius 1 is 1.36 bits per heavy atom. The lowest BCUT2D eigenvalue weighted by Gasteiger charge is -2.09. The minimum absolute atomic E-state index is 0. The van der Waals surface area contributed by atoms with E-state index in [1.54, 1.807) is 0 Å². The van der Waals surface area contributed by atoms with Crippen LogP contribution in [0.3, 0.4) is 0 Å². The fourth-order valence-corrected chi connectivity index (χ4v) is 0.875. The zero-order chi connectivity index (χ0) is 7.11. The Morgan fingerprint density at radius 3 is 2.27 bits per heavy atom. The monoisotopic (exact) mass is 202 g/mol. The molecular formula is C7H20Cl2N2. The predicted octanol–water partition coefficient (Wildman–Crippen LogP) is 1.57. The van der Waals surface area contributed by atoms with Crippen LogP contribution in [0, 0.1) is 0 Å². The van der Waals surface area contributed by atoms with Gasteiger partial charge in [-0.05, 0) is 32.9 Å². The maximum Gasteiger partial charge on any atom is 0.00390 e. The number of hydrogen-bond acceptors (Lipinski definition) is 2. The van der Waals surface area contributed by atoms with E-state index in [4.69, 9.17) is 5.73 Å². The molecule has 0 aromatic heterocycles. The summed E-state index contributed by atoms with van der Waals surface area (Å²) in [6, 6.07) is 0.638.